The number of hydrogen-bond donors (Lipinski definition) is 2. The van der Waals surface area contributed by atoms with Gasteiger partial charge in [-0.3, -0.25) is 0 Å². The van der Waals surface area contributed by atoms with Crippen molar-refractivity contribution in [3.8, 4) is 0 Å². The minimum Gasteiger partial charge on any atom is -0.463 e. The molecule has 0 aliphatic carbocycles. The third-order valence-electron chi connectivity index (χ3n) is 2.84. The van der Waals surface area contributed by atoms with Gasteiger partial charge in [0.25, 0.3) is 0 Å². The van der Waals surface area contributed by atoms with Gasteiger partial charge in [0.2, 0.25) is 5.76 Å². The van der Waals surface area contributed by atoms with E-state index in [-0.39, 0.29) is 17.9 Å². The summed E-state index contributed by atoms with van der Waals surface area (Å²) in [5, 5.41) is 12.7. The second-order valence-corrected chi connectivity index (χ2v) is 4.22. The monoisotopic (exact) mass is 255 g/mol. The Balaban J connectivity index is 2.44. The van der Waals surface area contributed by atoms with Gasteiger partial charge in [0.05, 0.1) is 19.3 Å². The Morgan fingerprint density at radius 1 is 1.56 bits per heavy atom. The van der Waals surface area contributed by atoms with Crippen molar-refractivity contribution in [3.05, 3.63) is 23.7 Å². The molecule has 0 aliphatic heterocycles. The molecule has 1 rings (SSSR count). The smallest absolute Gasteiger partial charge is 0.373 e. The van der Waals surface area contributed by atoms with Crippen molar-refractivity contribution in [3.63, 3.8) is 0 Å². The molecule has 102 valence electrons. The molecule has 0 saturated heterocycles. The van der Waals surface area contributed by atoms with Gasteiger partial charge >= 0.3 is 5.97 Å². The average Bonchev–Trinajstić information content (AvgIpc) is 2.87. The maximum atomic E-state index is 11.2. The molecular weight excluding hydrogens is 234 g/mol. The van der Waals surface area contributed by atoms with Crippen LogP contribution in [0.25, 0.3) is 0 Å². The predicted octanol–water partition coefficient (Wildman–Crippen LogP) is 1.88. The van der Waals surface area contributed by atoms with Crippen LogP contribution < -0.4 is 5.32 Å². The number of esters is 1. The van der Waals surface area contributed by atoms with Crippen LogP contribution >= 0.6 is 0 Å². The third-order valence-corrected chi connectivity index (χ3v) is 2.84. The first-order valence-electron chi connectivity index (χ1n) is 6.18. The second kappa shape index (κ2) is 7.18. The number of aliphatic hydroxyl groups is 1. The molecule has 0 bridgehead atoms. The van der Waals surface area contributed by atoms with Crippen molar-refractivity contribution in [1.29, 1.82) is 0 Å². The zero-order valence-electron chi connectivity index (χ0n) is 11.1. The summed E-state index contributed by atoms with van der Waals surface area (Å²) >= 11 is 0. The van der Waals surface area contributed by atoms with E-state index in [2.05, 4.69) is 10.1 Å². The first-order valence-corrected chi connectivity index (χ1v) is 6.18. The Bertz CT molecular complexity index is 375. The van der Waals surface area contributed by atoms with Crippen LogP contribution in [0.5, 0.6) is 0 Å². The predicted molar refractivity (Wildman–Crippen MR) is 67.4 cm³/mol. The summed E-state index contributed by atoms with van der Waals surface area (Å²) in [5.74, 6) is 0.408. The van der Waals surface area contributed by atoms with Crippen LogP contribution in [0.15, 0.2) is 16.5 Å². The summed E-state index contributed by atoms with van der Waals surface area (Å²) in [6.07, 6.45) is 1.18. The van der Waals surface area contributed by atoms with Gasteiger partial charge in [0.15, 0.2) is 0 Å². The SMILES string of the molecule is CCC(O)CCNC(C)c1ccc(C(=O)OC)o1. The van der Waals surface area contributed by atoms with Gasteiger partial charge in [0.1, 0.15) is 5.76 Å². The quantitative estimate of drug-likeness (QED) is 0.728. The molecule has 0 saturated carbocycles. The highest BCUT2D eigenvalue weighted by Gasteiger charge is 2.15. The maximum absolute atomic E-state index is 11.2. The van der Waals surface area contributed by atoms with Gasteiger partial charge in [0, 0.05) is 0 Å². The number of ether oxygens (including phenoxy) is 1. The van der Waals surface area contributed by atoms with Crippen LogP contribution in [0.3, 0.4) is 0 Å². The minimum atomic E-state index is -0.477. The van der Waals surface area contributed by atoms with E-state index in [9.17, 15) is 9.90 Å². The molecule has 0 aromatic carbocycles. The number of hydrogen-bond acceptors (Lipinski definition) is 5. The summed E-state index contributed by atoms with van der Waals surface area (Å²) in [6, 6.07) is 3.34. The second-order valence-electron chi connectivity index (χ2n) is 4.22. The van der Waals surface area contributed by atoms with Crippen molar-refractivity contribution < 1.29 is 19.1 Å². The summed E-state index contributed by atoms with van der Waals surface area (Å²) in [5.41, 5.74) is 0. The highest BCUT2D eigenvalue weighted by molar-refractivity contribution is 5.86. The molecule has 5 heteroatoms. The molecule has 1 aromatic rings. The van der Waals surface area contributed by atoms with Crippen molar-refractivity contribution in [2.45, 2.75) is 38.8 Å². The molecule has 2 atom stereocenters. The number of nitrogens with one attached hydrogen (secondary N) is 1. The Morgan fingerprint density at radius 3 is 2.89 bits per heavy atom. The molecule has 0 aliphatic rings. The lowest BCUT2D eigenvalue weighted by atomic mass is 10.2. The molecule has 1 heterocycles. The zero-order chi connectivity index (χ0) is 13.5. The number of carbonyl (C=O) groups excluding carboxylic acids is 1. The highest BCUT2D eigenvalue weighted by atomic mass is 16.5. The molecule has 1 aromatic heterocycles. The lowest BCUT2D eigenvalue weighted by molar-refractivity contribution is 0.0562. The lowest BCUT2D eigenvalue weighted by Crippen LogP contribution is -2.23. The molecule has 0 radical (unpaired) electrons. The first-order chi connectivity index (χ1) is 8.58. The Kier molecular flexibility index (Phi) is 5.88. The normalized spacial score (nSPS) is 14.2. The standard InChI is InChI=1S/C13H21NO4/c1-4-10(15)7-8-14-9(2)11-5-6-12(18-11)13(16)17-3/h5-6,9-10,14-15H,4,7-8H2,1-3H3. The number of rotatable bonds is 7. The van der Waals surface area contributed by atoms with E-state index in [0.29, 0.717) is 18.7 Å². The van der Waals surface area contributed by atoms with Gasteiger partial charge in [-0.2, -0.15) is 0 Å². The Labute approximate surface area is 107 Å². The number of aliphatic hydroxyl groups excluding tert-OH is 1. The van der Waals surface area contributed by atoms with Gasteiger partial charge in [-0.05, 0) is 38.4 Å². The number of methoxy groups -OCH3 is 1. The molecule has 2 N–H and O–H groups in total. The van der Waals surface area contributed by atoms with Gasteiger partial charge in [-0.25, -0.2) is 4.79 Å². The van der Waals surface area contributed by atoms with Gasteiger partial charge in [-0.1, -0.05) is 6.92 Å². The summed E-state index contributed by atoms with van der Waals surface area (Å²) < 4.78 is 9.95. The van der Waals surface area contributed by atoms with Crippen molar-refractivity contribution in [2.75, 3.05) is 13.7 Å². The van der Waals surface area contributed by atoms with Gasteiger partial charge in [-0.15, -0.1) is 0 Å². The van der Waals surface area contributed by atoms with Crippen LogP contribution in [0.1, 0.15) is 49.0 Å². The highest BCUT2D eigenvalue weighted by Crippen LogP contribution is 2.16. The summed E-state index contributed by atoms with van der Waals surface area (Å²) in [4.78, 5) is 11.2. The van der Waals surface area contributed by atoms with Crippen LogP contribution in [0.2, 0.25) is 0 Å². The summed E-state index contributed by atoms with van der Waals surface area (Å²) in [6.45, 7) is 4.59. The molecule has 18 heavy (non-hydrogen) atoms. The zero-order valence-corrected chi connectivity index (χ0v) is 11.1. The van der Waals surface area contributed by atoms with E-state index in [1.165, 1.54) is 7.11 Å². The molecular formula is C13H21NO4. The van der Waals surface area contributed by atoms with E-state index in [4.69, 9.17) is 4.42 Å². The first kappa shape index (κ1) is 14.7. The Morgan fingerprint density at radius 2 is 2.28 bits per heavy atom. The molecule has 0 fully saturated rings. The van der Waals surface area contributed by atoms with Gasteiger partial charge < -0.3 is 19.6 Å². The van der Waals surface area contributed by atoms with Crippen molar-refractivity contribution >= 4 is 5.97 Å². The maximum Gasteiger partial charge on any atom is 0.373 e. The van der Waals surface area contributed by atoms with Crippen LogP contribution in [-0.2, 0) is 4.74 Å². The Hall–Kier alpha value is -1.33. The van der Waals surface area contributed by atoms with E-state index >= 15 is 0 Å². The largest absolute Gasteiger partial charge is 0.463 e. The molecule has 2 unspecified atom stereocenters. The number of furan rings is 1. The minimum absolute atomic E-state index is 0.00698. The molecule has 0 spiro atoms. The third kappa shape index (κ3) is 4.16. The molecule has 5 nitrogen and oxygen atoms in total. The molecule has 0 amide bonds. The van der Waals surface area contributed by atoms with Crippen LogP contribution in [0, 0.1) is 0 Å². The van der Waals surface area contributed by atoms with Crippen molar-refractivity contribution in [1.82, 2.24) is 5.32 Å². The fourth-order valence-corrected chi connectivity index (χ4v) is 1.57. The van der Waals surface area contributed by atoms with Crippen molar-refractivity contribution in [2.24, 2.45) is 0 Å². The van der Waals surface area contributed by atoms with E-state index < -0.39 is 5.97 Å². The van der Waals surface area contributed by atoms with E-state index in [1.807, 2.05) is 13.8 Å². The summed E-state index contributed by atoms with van der Waals surface area (Å²) in [7, 11) is 1.32. The van der Waals surface area contributed by atoms with E-state index in [1.54, 1.807) is 12.1 Å². The topological polar surface area (TPSA) is 71.7 Å². The van der Waals surface area contributed by atoms with Crippen LogP contribution in [0.4, 0.5) is 0 Å². The fraction of sp³-hybridized carbons (Fsp3) is 0.615. The van der Waals surface area contributed by atoms with Crippen LogP contribution in [-0.4, -0.2) is 30.8 Å². The fourth-order valence-electron chi connectivity index (χ4n) is 1.57. The lowest BCUT2D eigenvalue weighted by Gasteiger charge is -2.13. The number of carbonyl (C=O) groups is 1. The van der Waals surface area contributed by atoms with E-state index in [0.717, 1.165) is 6.42 Å². The average molecular weight is 255 g/mol.